The van der Waals surface area contributed by atoms with Gasteiger partial charge in [-0.3, -0.25) is 0 Å². The second-order valence-electron chi connectivity index (χ2n) is 1.24. The van der Waals surface area contributed by atoms with Gasteiger partial charge in [-0.1, -0.05) is 0 Å². The molecule has 0 aromatic rings. The van der Waals surface area contributed by atoms with Gasteiger partial charge in [0.1, 0.15) is 0 Å². The van der Waals surface area contributed by atoms with Crippen LogP contribution in [0.1, 0.15) is 13.3 Å². The second-order valence-corrected chi connectivity index (χ2v) is 2.67. The zero-order valence-corrected chi connectivity index (χ0v) is 7.00. The summed E-state index contributed by atoms with van der Waals surface area (Å²) in [4.78, 5) is 12.9. The van der Waals surface area contributed by atoms with Crippen LogP contribution in [0, 0.1) is 51.4 Å². The predicted molar refractivity (Wildman–Crippen MR) is 28.5 cm³/mol. The summed E-state index contributed by atoms with van der Waals surface area (Å²) < 4.78 is 5.59. The summed E-state index contributed by atoms with van der Waals surface area (Å²) in [5.74, 6) is 0. The summed E-state index contributed by atoms with van der Waals surface area (Å²) in [6, 6.07) is 0. The molecule has 9 heavy (non-hydrogen) atoms. The van der Waals surface area contributed by atoms with Crippen molar-refractivity contribution in [2.45, 2.75) is 19.6 Å². The Labute approximate surface area is 80.2 Å². The molecular formula is C5H7NO2Xe. The van der Waals surface area contributed by atoms with Crippen LogP contribution in [0.2, 0.25) is 0 Å². The van der Waals surface area contributed by atoms with E-state index < -0.39 is 51.1 Å². The fraction of sp³-hybridized carbons (Fsp3) is 0.600. The minimum atomic E-state index is -0.665. The first-order valence-electron chi connectivity index (χ1n) is 2.42. The average Bonchev–Trinajstić information content (AvgIpc) is 1.91. The zero-order chi connectivity index (χ0) is 7.11. The van der Waals surface area contributed by atoms with Crippen LogP contribution in [0.4, 0.5) is 0 Å². The van der Waals surface area contributed by atoms with Crippen molar-refractivity contribution >= 4 is 0.754 Å². The first-order chi connectivity index (χ1) is 4.35. The molecule has 0 aromatic heterocycles. The Kier molecular flexibility index (Phi) is 7.33. The molecule has 0 fully saturated rings. The summed E-state index contributed by atoms with van der Waals surface area (Å²) in [5.41, 5.74) is 0. The fourth-order valence-electron chi connectivity index (χ4n) is 0.244. The molecule has 0 saturated heterocycles. The van der Waals surface area contributed by atoms with E-state index in [1.807, 2.05) is 6.92 Å². The number of nitrogens with zero attached hydrogens (tertiary/aromatic N) is 1. The third kappa shape index (κ3) is 5.15. The summed E-state index contributed by atoms with van der Waals surface area (Å²) in [6.45, 7) is 8.39. The Bertz CT molecular complexity index is 121. The molecule has 0 aromatic carbocycles. The van der Waals surface area contributed by atoms with Crippen molar-refractivity contribution in [2.75, 3.05) is 0 Å². The average molecular weight is 244 g/mol. The van der Waals surface area contributed by atoms with Gasteiger partial charge in [0.15, 0.2) is 0 Å². The summed E-state index contributed by atoms with van der Waals surface area (Å²) in [6.07, 6.45) is 0.264. The zero-order valence-electron chi connectivity index (χ0n) is 4.98. The van der Waals surface area contributed by atoms with Crippen molar-refractivity contribution in [3.05, 3.63) is 11.4 Å². The summed E-state index contributed by atoms with van der Waals surface area (Å²) >= 11 is -0.665. The topological polar surface area (TPSA) is 30.7 Å². The molecule has 1 atom stereocenters. The van der Waals surface area contributed by atoms with E-state index in [2.05, 4.69) is 4.85 Å². The summed E-state index contributed by atoms with van der Waals surface area (Å²) in [7, 11) is 0. The van der Waals surface area contributed by atoms with Gasteiger partial charge in [-0.2, -0.15) is 0 Å². The molecule has 0 aliphatic rings. The molecule has 0 radical (unpaired) electrons. The van der Waals surface area contributed by atoms with Crippen molar-refractivity contribution in [3.63, 3.8) is 0 Å². The van der Waals surface area contributed by atoms with Gasteiger partial charge < -0.3 is 0 Å². The maximum atomic E-state index is 9.75. The van der Waals surface area contributed by atoms with Gasteiger partial charge in [0.25, 0.3) is 0 Å². The van der Waals surface area contributed by atoms with E-state index in [9.17, 15) is 4.79 Å². The van der Waals surface area contributed by atoms with E-state index >= 15 is 0 Å². The number of carbonyl (C=O) groups excluding carboxylic acids is 1. The third-order valence-electron chi connectivity index (χ3n) is 0.672. The van der Waals surface area contributed by atoms with Gasteiger partial charge >= 0.3 is 81.4 Å². The van der Waals surface area contributed by atoms with E-state index in [4.69, 9.17) is 6.63 Å². The minimum absolute atomic E-state index is 0.395. The number of hydrogen-bond acceptors (Lipinski definition) is 2. The van der Waals surface area contributed by atoms with Crippen LogP contribution in [-0.2, 0) is 4.85 Å². The second kappa shape index (κ2) is 6.81. The number of rotatable bonds is 4. The van der Waals surface area contributed by atoms with E-state index in [1.54, 1.807) is 0 Å². The van der Waals surface area contributed by atoms with Gasteiger partial charge in [-0.15, -0.1) is 0 Å². The van der Waals surface area contributed by atoms with Crippen molar-refractivity contribution in [2.24, 2.45) is 0 Å². The Morgan fingerprint density at radius 2 is 2.67 bits per heavy atom. The maximum absolute atomic E-state index is 9.75. The van der Waals surface area contributed by atoms with Crippen LogP contribution in [0.5, 0.6) is 0 Å². The van der Waals surface area contributed by atoms with E-state index in [1.165, 1.54) is 0 Å². The number of hydrogen-bond donors (Lipinski definition) is 0. The standard InChI is InChI=1S/C5H7NO2Xe/c1-3-5(6-2)8-9-4-7/h4-5H,3H2,1H3. The fourth-order valence-corrected chi connectivity index (χ4v) is 1.12. The molecule has 0 heterocycles. The van der Waals surface area contributed by atoms with Gasteiger partial charge in [0.2, 0.25) is 0 Å². The van der Waals surface area contributed by atoms with Gasteiger partial charge in [-0.25, -0.2) is 0 Å². The molecule has 0 amide bonds. The van der Waals surface area contributed by atoms with Gasteiger partial charge in [0, 0.05) is 0 Å². The monoisotopic (exact) mass is 245 g/mol. The quantitative estimate of drug-likeness (QED) is 0.542. The Hall–Kier alpha value is 0.691. The van der Waals surface area contributed by atoms with E-state index in [0.29, 0.717) is 6.42 Å². The van der Waals surface area contributed by atoms with Crippen LogP contribution < -0.4 is 0 Å². The Morgan fingerprint density at radius 1 is 2.00 bits per heavy atom. The molecule has 4 heteroatoms. The van der Waals surface area contributed by atoms with E-state index in [-0.39, 0.29) is 0 Å². The molecule has 3 nitrogen and oxygen atoms in total. The van der Waals surface area contributed by atoms with Gasteiger partial charge in [0.05, 0.1) is 0 Å². The van der Waals surface area contributed by atoms with Crippen LogP contribution in [0.3, 0.4) is 0 Å². The van der Waals surface area contributed by atoms with Crippen molar-refractivity contribution < 1.29 is 49.7 Å². The Morgan fingerprint density at radius 3 is 3.00 bits per heavy atom. The van der Waals surface area contributed by atoms with Gasteiger partial charge in [-0.05, 0) is 0 Å². The molecule has 0 bridgehead atoms. The molecule has 0 spiro atoms. The summed E-state index contributed by atoms with van der Waals surface area (Å²) in [5, 5.41) is 0. The molecule has 0 saturated carbocycles. The van der Waals surface area contributed by atoms with Crippen LogP contribution in [0.25, 0.3) is 4.85 Å². The molecule has 0 aliphatic heterocycles. The van der Waals surface area contributed by atoms with Crippen LogP contribution in [0.15, 0.2) is 0 Å². The Balaban J connectivity index is 3.34. The molecule has 52 valence electrons. The van der Waals surface area contributed by atoms with Crippen LogP contribution >= 0.6 is 0 Å². The van der Waals surface area contributed by atoms with E-state index in [0.717, 1.165) is 0.754 Å². The van der Waals surface area contributed by atoms with Crippen molar-refractivity contribution in [3.8, 4) is 0 Å². The van der Waals surface area contributed by atoms with Crippen molar-refractivity contribution in [1.82, 2.24) is 0 Å². The first kappa shape index (κ1) is 9.69. The normalized spacial score (nSPS) is 12.4. The molecular weight excluding hydrogens is 237 g/mol. The third-order valence-corrected chi connectivity index (χ3v) is 1.69. The molecule has 0 N–H and O–H groups in total. The molecule has 1 unspecified atom stereocenters. The molecule has 0 aliphatic carbocycles. The van der Waals surface area contributed by atoms with Crippen LogP contribution in [-0.4, -0.2) is 6.98 Å². The van der Waals surface area contributed by atoms with Crippen molar-refractivity contribution in [1.29, 1.82) is 0 Å². The first-order valence-corrected chi connectivity index (χ1v) is 4.41. The SMILES string of the molecule is [C-]#[N+]C(CC)O[Xe]C=O. The number of carbonyl (C=O) groups is 1. The molecule has 0 rings (SSSR count). The predicted octanol–water partition coefficient (Wildman–Crippen LogP) is 0.849.